The fourth-order valence-corrected chi connectivity index (χ4v) is 10.3. The summed E-state index contributed by atoms with van der Waals surface area (Å²) in [5.74, 6) is 0. The molecule has 0 fully saturated rings. The van der Waals surface area contributed by atoms with Gasteiger partial charge in [0.2, 0.25) is 0 Å². The van der Waals surface area contributed by atoms with Gasteiger partial charge in [-0.25, -0.2) is 0 Å². The summed E-state index contributed by atoms with van der Waals surface area (Å²) in [6.45, 7) is 0. The van der Waals surface area contributed by atoms with E-state index in [2.05, 4.69) is 264 Å². The average Bonchev–Trinajstić information content (AvgIpc) is 3.98. The zero-order valence-corrected chi connectivity index (χ0v) is 37.7. The first-order chi connectivity index (χ1) is 34.2. The zero-order chi connectivity index (χ0) is 45.7. The van der Waals surface area contributed by atoms with E-state index in [4.69, 9.17) is 4.42 Å². The largest absolute Gasteiger partial charge is 0.455 e. The molecule has 2 heterocycles. The van der Waals surface area contributed by atoms with E-state index in [9.17, 15) is 0 Å². The Morgan fingerprint density at radius 1 is 0.275 bits per heavy atom. The van der Waals surface area contributed by atoms with Crippen LogP contribution in [0.3, 0.4) is 0 Å². The van der Waals surface area contributed by atoms with Crippen molar-refractivity contribution in [2.45, 2.75) is 0 Å². The van der Waals surface area contributed by atoms with Gasteiger partial charge >= 0.3 is 0 Å². The van der Waals surface area contributed by atoms with Crippen molar-refractivity contribution in [3.63, 3.8) is 0 Å². The standard InChI is InChI=1S/C66H44N2O/c1-3-15-45(16-4-1)47-33-39-52(40-34-47)67(54-43-37-51(38-44-54)57-23-14-25-61-59-21-9-12-28-64(59)69-66(57)61)53-41-35-48(36-42-53)46-29-31-50(32-30-46)55-19-7-10-26-62(55)68-63-27-11-8-20-58(63)60-24-13-22-56(65(60)68)49-17-5-2-6-18-49/h1-44H. The minimum absolute atomic E-state index is 0.903. The summed E-state index contributed by atoms with van der Waals surface area (Å²) < 4.78 is 8.90. The molecule has 0 radical (unpaired) electrons. The Balaban J connectivity index is 0.849. The van der Waals surface area contributed by atoms with Crippen molar-refractivity contribution < 1.29 is 4.42 Å². The molecule has 0 amide bonds. The second kappa shape index (κ2) is 16.9. The summed E-state index contributed by atoms with van der Waals surface area (Å²) in [6.07, 6.45) is 0. The number of anilines is 3. The summed E-state index contributed by atoms with van der Waals surface area (Å²) in [5.41, 5.74) is 20.2. The second-order valence-electron chi connectivity index (χ2n) is 17.6. The average molecular weight is 881 g/mol. The number of hydrogen-bond acceptors (Lipinski definition) is 2. The number of rotatable bonds is 9. The van der Waals surface area contributed by atoms with Crippen LogP contribution in [-0.2, 0) is 0 Å². The molecule has 0 saturated heterocycles. The zero-order valence-electron chi connectivity index (χ0n) is 37.7. The van der Waals surface area contributed by atoms with Gasteiger partial charge in [-0.15, -0.1) is 0 Å². The minimum atomic E-state index is 0.903. The lowest BCUT2D eigenvalue weighted by Crippen LogP contribution is -2.09. The van der Waals surface area contributed by atoms with Crippen molar-refractivity contribution in [2.75, 3.05) is 4.90 Å². The van der Waals surface area contributed by atoms with Gasteiger partial charge in [-0.1, -0.05) is 212 Å². The Kier molecular flexibility index (Phi) is 9.84. The molecule has 0 aliphatic heterocycles. The van der Waals surface area contributed by atoms with Crippen LogP contribution in [0.4, 0.5) is 17.1 Å². The Hall–Kier alpha value is -9.18. The lowest BCUT2D eigenvalue weighted by Gasteiger charge is -2.26. The summed E-state index contributed by atoms with van der Waals surface area (Å²) in [6, 6.07) is 95.9. The lowest BCUT2D eigenvalue weighted by molar-refractivity contribution is 0.670. The van der Waals surface area contributed by atoms with Crippen molar-refractivity contribution >= 4 is 60.8 Å². The minimum Gasteiger partial charge on any atom is -0.455 e. The fourth-order valence-electron chi connectivity index (χ4n) is 10.3. The lowest BCUT2D eigenvalue weighted by atomic mass is 9.98. The predicted octanol–water partition coefficient (Wildman–Crippen LogP) is 18.5. The van der Waals surface area contributed by atoms with Crippen LogP contribution < -0.4 is 4.90 Å². The molecular formula is C66H44N2O. The maximum Gasteiger partial charge on any atom is 0.143 e. The highest BCUT2D eigenvalue weighted by Crippen LogP contribution is 2.43. The smallest absolute Gasteiger partial charge is 0.143 e. The van der Waals surface area contributed by atoms with Gasteiger partial charge in [0.25, 0.3) is 0 Å². The molecule has 11 aromatic carbocycles. The van der Waals surface area contributed by atoms with Gasteiger partial charge < -0.3 is 13.9 Å². The van der Waals surface area contributed by atoms with Crippen molar-refractivity contribution in [3.8, 4) is 61.3 Å². The quantitative estimate of drug-likeness (QED) is 0.144. The SMILES string of the molecule is c1ccc(-c2ccc(N(c3ccc(-c4ccc(-c5ccccc5-n5c6ccccc6c6cccc(-c7ccccc7)c65)cc4)cc3)c3ccc(-c4cccc5c4oc4ccccc45)cc3)cc2)cc1. The predicted molar refractivity (Wildman–Crippen MR) is 290 cm³/mol. The first-order valence-corrected chi connectivity index (χ1v) is 23.6. The number of nitrogens with zero attached hydrogens (tertiary/aromatic N) is 2. The van der Waals surface area contributed by atoms with Crippen LogP contribution in [0, 0.1) is 0 Å². The number of hydrogen-bond donors (Lipinski definition) is 0. The molecule has 0 aliphatic carbocycles. The van der Waals surface area contributed by atoms with Crippen LogP contribution in [0.1, 0.15) is 0 Å². The van der Waals surface area contributed by atoms with Crippen LogP contribution in [0.2, 0.25) is 0 Å². The monoisotopic (exact) mass is 880 g/mol. The molecule has 13 rings (SSSR count). The number of benzene rings is 11. The van der Waals surface area contributed by atoms with Gasteiger partial charge in [0, 0.05) is 55.3 Å². The third-order valence-corrected chi connectivity index (χ3v) is 13.7. The second-order valence-corrected chi connectivity index (χ2v) is 17.6. The number of furan rings is 1. The Bertz CT molecular complexity index is 3960. The molecule has 0 spiro atoms. The van der Waals surface area contributed by atoms with E-state index in [-0.39, 0.29) is 0 Å². The van der Waals surface area contributed by atoms with E-state index in [0.29, 0.717) is 0 Å². The van der Waals surface area contributed by atoms with E-state index in [1.807, 2.05) is 12.1 Å². The van der Waals surface area contributed by atoms with E-state index in [1.54, 1.807) is 0 Å². The normalized spacial score (nSPS) is 11.5. The Morgan fingerprint density at radius 3 is 1.36 bits per heavy atom. The van der Waals surface area contributed by atoms with E-state index in [1.165, 1.54) is 55.2 Å². The third-order valence-electron chi connectivity index (χ3n) is 13.7. The highest BCUT2D eigenvalue weighted by Gasteiger charge is 2.20. The molecule has 0 saturated carbocycles. The summed E-state index contributed by atoms with van der Waals surface area (Å²) >= 11 is 0. The fraction of sp³-hybridized carbons (Fsp3) is 0. The van der Waals surface area contributed by atoms with E-state index >= 15 is 0 Å². The summed E-state index contributed by atoms with van der Waals surface area (Å²) in [4.78, 5) is 2.34. The molecule has 3 heteroatoms. The molecule has 69 heavy (non-hydrogen) atoms. The van der Waals surface area contributed by atoms with Crippen LogP contribution in [-0.4, -0.2) is 4.57 Å². The maximum atomic E-state index is 6.43. The summed E-state index contributed by atoms with van der Waals surface area (Å²) in [7, 11) is 0. The number of para-hydroxylation sites is 5. The highest BCUT2D eigenvalue weighted by molar-refractivity contribution is 6.14. The molecule has 0 N–H and O–H groups in total. The first-order valence-electron chi connectivity index (χ1n) is 23.6. The van der Waals surface area contributed by atoms with Crippen LogP contribution in [0.25, 0.3) is 105 Å². The maximum absolute atomic E-state index is 6.43. The third kappa shape index (κ3) is 7.08. The Morgan fingerprint density at radius 2 is 0.696 bits per heavy atom. The van der Waals surface area contributed by atoms with Gasteiger partial charge in [0.05, 0.1) is 16.7 Å². The van der Waals surface area contributed by atoms with Crippen molar-refractivity contribution in [1.82, 2.24) is 4.57 Å². The molecule has 2 aromatic heterocycles. The van der Waals surface area contributed by atoms with Crippen molar-refractivity contribution in [3.05, 3.63) is 267 Å². The number of fused-ring (bicyclic) bond motifs is 6. The van der Waals surface area contributed by atoms with Crippen molar-refractivity contribution in [1.29, 1.82) is 0 Å². The molecular weight excluding hydrogens is 837 g/mol. The molecule has 0 bridgehead atoms. The Labute approximate surface area is 401 Å². The van der Waals surface area contributed by atoms with Gasteiger partial charge in [-0.05, 0) is 93.5 Å². The van der Waals surface area contributed by atoms with Crippen LogP contribution in [0.15, 0.2) is 271 Å². The molecule has 0 unspecified atom stereocenters. The highest BCUT2D eigenvalue weighted by atomic mass is 16.3. The van der Waals surface area contributed by atoms with Crippen LogP contribution >= 0.6 is 0 Å². The van der Waals surface area contributed by atoms with E-state index < -0.39 is 0 Å². The molecule has 0 aliphatic rings. The molecule has 324 valence electrons. The topological polar surface area (TPSA) is 21.3 Å². The molecule has 13 aromatic rings. The first kappa shape index (κ1) is 40.1. The van der Waals surface area contributed by atoms with Crippen LogP contribution in [0.5, 0.6) is 0 Å². The van der Waals surface area contributed by atoms with Gasteiger partial charge in [-0.2, -0.15) is 0 Å². The molecule has 3 nitrogen and oxygen atoms in total. The number of aromatic nitrogens is 1. The van der Waals surface area contributed by atoms with Crippen molar-refractivity contribution in [2.24, 2.45) is 0 Å². The van der Waals surface area contributed by atoms with Gasteiger partial charge in [0.1, 0.15) is 11.2 Å². The van der Waals surface area contributed by atoms with E-state index in [0.717, 1.165) is 66.9 Å². The van der Waals surface area contributed by atoms with Gasteiger partial charge in [-0.3, -0.25) is 0 Å². The van der Waals surface area contributed by atoms with Gasteiger partial charge in [0.15, 0.2) is 0 Å². The summed E-state index contributed by atoms with van der Waals surface area (Å²) in [5, 5.41) is 4.76. The molecule has 0 atom stereocenters.